The highest BCUT2D eigenvalue weighted by atomic mass is 127. The molecule has 0 saturated carbocycles. The first-order valence-electron chi connectivity index (χ1n) is 5.25. The molecule has 122 valence electrons. The monoisotopic (exact) mass is 454 g/mol. The summed E-state index contributed by atoms with van der Waals surface area (Å²) in [5, 5.41) is 19.3. The topological polar surface area (TPSA) is 107 Å². The summed E-state index contributed by atoms with van der Waals surface area (Å²) in [5.74, 6) is -0.747. The zero-order chi connectivity index (χ0) is 17.0. The van der Waals surface area contributed by atoms with E-state index in [1.165, 1.54) is 24.3 Å². The third-order valence-electron chi connectivity index (χ3n) is 2.00. The number of aliphatic hydroxyl groups is 1. The second kappa shape index (κ2) is 7.23. The number of rotatable bonds is 6. The van der Waals surface area contributed by atoms with Gasteiger partial charge in [0.05, 0.1) is 4.92 Å². The third kappa shape index (κ3) is 5.10. The van der Waals surface area contributed by atoms with E-state index in [4.69, 9.17) is 5.11 Å². The van der Waals surface area contributed by atoms with Crippen molar-refractivity contribution in [1.82, 2.24) is 0 Å². The molecule has 0 amide bonds. The summed E-state index contributed by atoms with van der Waals surface area (Å²) in [6.07, 6.45) is 0. The van der Waals surface area contributed by atoms with Crippen molar-refractivity contribution < 1.29 is 57.0 Å². The Hall–Kier alpha value is -1.41. The van der Waals surface area contributed by atoms with Gasteiger partial charge in [-0.3, -0.25) is 10.1 Å². The summed E-state index contributed by atoms with van der Waals surface area (Å²) in [6.45, 7) is -1.03. The van der Waals surface area contributed by atoms with E-state index in [9.17, 15) is 31.7 Å². The molecule has 7 nitrogen and oxygen atoms in total. The van der Waals surface area contributed by atoms with Gasteiger partial charge in [-0.15, -0.1) is 0 Å². The van der Waals surface area contributed by atoms with Gasteiger partial charge < -0.3 is 9.29 Å². The lowest BCUT2D eigenvalue weighted by Gasteiger charge is -2.08. The molecule has 0 heterocycles. The van der Waals surface area contributed by atoms with Gasteiger partial charge in [-0.25, -0.2) is 0 Å². The first kappa shape index (κ1) is 18.6. The van der Waals surface area contributed by atoms with Gasteiger partial charge in [0.2, 0.25) is 4.08 Å². The quantitative estimate of drug-likeness (QED) is 0.141. The summed E-state index contributed by atoms with van der Waals surface area (Å²) in [6, 6.07) is 5.17. The van der Waals surface area contributed by atoms with E-state index in [-0.39, 0.29) is 5.69 Å². The van der Waals surface area contributed by atoms with Gasteiger partial charge >= 0.3 is 36.8 Å². The van der Waals surface area contributed by atoms with E-state index in [1.807, 2.05) is 0 Å². The number of nitrogens with zero attached hydrogens (tertiary/aromatic N) is 1. The maximum Gasteiger partial charge on any atom is 0.534 e. The molecular formula is C10H8F3INO6S+. The normalized spacial score (nSPS) is 13.0. The highest BCUT2D eigenvalue weighted by Crippen LogP contribution is 2.26. The summed E-state index contributed by atoms with van der Waals surface area (Å²) in [7, 11) is -5.83. The standard InChI is InChI=1S/C10H8F3INO6S/c11-10(12,13)22(19,20)21-9(6-16)5-14-7-1-3-8(4-2-7)15(17)18/h1-5,16H,6H2/q+1/b9-5+. The van der Waals surface area contributed by atoms with Crippen molar-refractivity contribution in [3.05, 3.63) is 47.8 Å². The van der Waals surface area contributed by atoms with Gasteiger partial charge in [0.1, 0.15) is 6.61 Å². The van der Waals surface area contributed by atoms with Crippen molar-refractivity contribution in [3.8, 4) is 0 Å². The van der Waals surface area contributed by atoms with Crippen molar-refractivity contribution in [1.29, 1.82) is 0 Å². The fraction of sp³-hybridized carbons (Fsp3) is 0.200. The van der Waals surface area contributed by atoms with E-state index in [0.717, 1.165) is 4.08 Å². The molecule has 22 heavy (non-hydrogen) atoms. The molecule has 0 aliphatic heterocycles. The number of hydrogen-bond donors (Lipinski definition) is 1. The number of alkyl halides is 3. The van der Waals surface area contributed by atoms with Crippen LogP contribution >= 0.6 is 0 Å². The van der Waals surface area contributed by atoms with Crippen LogP contribution in [0.4, 0.5) is 18.9 Å². The average Bonchev–Trinajstić information content (AvgIpc) is 2.42. The molecule has 0 bridgehead atoms. The molecule has 0 fully saturated rings. The van der Waals surface area contributed by atoms with E-state index in [0.29, 0.717) is 3.57 Å². The summed E-state index contributed by atoms with van der Waals surface area (Å²) in [5.41, 5.74) is -5.75. The highest BCUT2D eigenvalue weighted by molar-refractivity contribution is 7.87. The number of benzene rings is 1. The van der Waals surface area contributed by atoms with Crippen LogP contribution in [0.5, 0.6) is 0 Å². The number of nitro groups is 1. The van der Waals surface area contributed by atoms with Crippen LogP contribution in [0, 0.1) is 13.7 Å². The van der Waals surface area contributed by atoms with Crippen molar-refractivity contribution in [3.63, 3.8) is 0 Å². The lowest BCUT2D eigenvalue weighted by Crippen LogP contribution is -3.59. The zero-order valence-corrected chi connectivity index (χ0v) is 13.4. The van der Waals surface area contributed by atoms with Crippen LogP contribution in [-0.4, -0.2) is 30.6 Å². The molecule has 0 aliphatic rings. The van der Waals surface area contributed by atoms with Crippen molar-refractivity contribution >= 4 is 15.8 Å². The smallest absolute Gasteiger partial charge is 0.388 e. The van der Waals surface area contributed by atoms with Crippen LogP contribution in [0.1, 0.15) is 0 Å². The Morgan fingerprint density at radius 2 is 1.91 bits per heavy atom. The molecular weight excluding hydrogens is 446 g/mol. The molecule has 1 aromatic carbocycles. The minimum absolute atomic E-state index is 0.157. The fourth-order valence-electron chi connectivity index (χ4n) is 1.03. The zero-order valence-electron chi connectivity index (χ0n) is 10.4. The Morgan fingerprint density at radius 3 is 2.32 bits per heavy atom. The minimum atomic E-state index is -5.83. The molecule has 0 aliphatic carbocycles. The number of non-ortho nitro benzene ring substituents is 1. The van der Waals surface area contributed by atoms with Crippen LogP contribution in [0.3, 0.4) is 0 Å². The molecule has 0 aromatic heterocycles. The van der Waals surface area contributed by atoms with Crippen molar-refractivity contribution in [2.75, 3.05) is 6.61 Å². The van der Waals surface area contributed by atoms with Gasteiger partial charge in [0.25, 0.3) is 5.69 Å². The van der Waals surface area contributed by atoms with Gasteiger partial charge in [-0.05, 0) is 12.1 Å². The fourth-order valence-corrected chi connectivity index (χ4v) is 3.48. The third-order valence-corrected chi connectivity index (χ3v) is 5.44. The second-order valence-electron chi connectivity index (χ2n) is 3.56. The van der Waals surface area contributed by atoms with Crippen LogP contribution in [-0.2, 0) is 14.3 Å². The Labute approximate surface area is 132 Å². The van der Waals surface area contributed by atoms with Crippen LogP contribution in [0.15, 0.2) is 34.1 Å². The molecule has 0 saturated heterocycles. The van der Waals surface area contributed by atoms with Crippen molar-refractivity contribution in [2.24, 2.45) is 0 Å². The van der Waals surface area contributed by atoms with Crippen LogP contribution < -0.4 is 21.2 Å². The molecule has 12 heteroatoms. The predicted octanol–water partition coefficient (Wildman–Crippen LogP) is -1.45. The number of aliphatic hydroxyl groups excluding tert-OH is 1. The van der Waals surface area contributed by atoms with Crippen molar-refractivity contribution in [2.45, 2.75) is 5.51 Å². The second-order valence-corrected chi connectivity index (χ2v) is 7.59. The number of halogens is 4. The van der Waals surface area contributed by atoms with E-state index >= 15 is 0 Å². The lowest BCUT2D eigenvalue weighted by atomic mass is 10.3. The Bertz CT molecular complexity index is 671. The van der Waals surface area contributed by atoms with Gasteiger partial charge in [0, 0.05) is 12.1 Å². The number of nitro benzene ring substituents is 1. The molecule has 0 radical (unpaired) electrons. The van der Waals surface area contributed by atoms with Crippen LogP contribution in [0.25, 0.3) is 0 Å². The Morgan fingerprint density at radius 1 is 1.36 bits per heavy atom. The van der Waals surface area contributed by atoms with E-state index < -0.39 is 54.1 Å². The van der Waals surface area contributed by atoms with Gasteiger partial charge in [-0.2, -0.15) is 21.6 Å². The molecule has 1 aromatic rings. The summed E-state index contributed by atoms with van der Waals surface area (Å²) in [4.78, 5) is 9.84. The first-order valence-corrected chi connectivity index (χ1v) is 8.98. The first-order chi connectivity index (χ1) is 10.1. The average molecular weight is 454 g/mol. The predicted molar refractivity (Wildman–Crippen MR) is 63.0 cm³/mol. The van der Waals surface area contributed by atoms with E-state index in [1.54, 1.807) is 0 Å². The highest BCUT2D eigenvalue weighted by Gasteiger charge is 2.49. The summed E-state index contributed by atoms with van der Waals surface area (Å²) >= 11 is -1.15. The molecule has 0 atom stereocenters. The van der Waals surface area contributed by atoms with E-state index in [2.05, 4.69) is 4.18 Å². The minimum Gasteiger partial charge on any atom is -0.388 e. The van der Waals surface area contributed by atoms with Gasteiger partial charge in [0.15, 0.2) is 9.33 Å². The summed E-state index contributed by atoms with van der Waals surface area (Å²) < 4.78 is 63.4. The maximum absolute atomic E-state index is 12.1. The Kier molecular flexibility index (Phi) is 6.13. The molecule has 0 spiro atoms. The Balaban J connectivity index is 2.84. The molecule has 1 N–H and O–H groups in total. The SMILES string of the molecule is O=[N+]([O-])c1ccc([I+]/C=C(\CO)OS(=O)(=O)C(F)(F)F)cc1. The van der Waals surface area contributed by atoms with Gasteiger partial charge in [-0.1, -0.05) is 0 Å². The largest absolute Gasteiger partial charge is 0.534 e. The molecule has 1 rings (SSSR count). The number of hydrogen-bond acceptors (Lipinski definition) is 6. The maximum atomic E-state index is 12.1. The van der Waals surface area contributed by atoms with Crippen LogP contribution in [0.2, 0.25) is 0 Å². The molecule has 0 unspecified atom stereocenters. The lowest BCUT2D eigenvalue weighted by molar-refractivity contribution is -0.558.